The van der Waals surface area contributed by atoms with Crippen molar-refractivity contribution >= 4 is 5.91 Å². The Morgan fingerprint density at radius 1 is 1.60 bits per heavy atom. The first-order valence-corrected chi connectivity index (χ1v) is 5.40. The van der Waals surface area contributed by atoms with Crippen LogP contribution in [0.4, 0.5) is 0 Å². The maximum atomic E-state index is 12.2. The Balaban J connectivity index is 2.19. The molecule has 1 aromatic heterocycles. The van der Waals surface area contributed by atoms with Gasteiger partial charge in [-0.25, -0.2) is 0 Å². The van der Waals surface area contributed by atoms with E-state index in [-0.39, 0.29) is 5.91 Å². The van der Waals surface area contributed by atoms with E-state index in [2.05, 4.69) is 24.0 Å². The molecule has 1 amide bonds. The van der Waals surface area contributed by atoms with Gasteiger partial charge in [0.05, 0.1) is 11.8 Å². The first-order valence-electron chi connectivity index (χ1n) is 5.40. The Morgan fingerprint density at radius 2 is 2.33 bits per heavy atom. The van der Waals surface area contributed by atoms with E-state index in [1.54, 1.807) is 6.20 Å². The molecule has 2 rings (SSSR count). The van der Waals surface area contributed by atoms with Crippen molar-refractivity contribution in [1.29, 1.82) is 0 Å². The predicted octanol–water partition coefficient (Wildman–Crippen LogP) is 1.59. The van der Waals surface area contributed by atoms with Crippen molar-refractivity contribution in [1.82, 2.24) is 15.1 Å². The third-order valence-electron chi connectivity index (χ3n) is 3.11. The fourth-order valence-corrected chi connectivity index (χ4v) is 2.30. The second-order valence-corrected chi connectivity index (χ2v) is 4.56. The van der Waals surface area contributed by atoms with Gasteiger partial charge in [0, 0.05) is 18.3 Å². The molecule has 4 heteroatoms. The number of hydrogen-bond donors (Lipinski definition) is 1. The van der Waals surface area contributed by atoms with E-state index in [4.69, 9.17) is 0 Å². The van der Waals surface area contributed by atoms with E-state index in [0.29, 0.717) is 17.5 Å². The predicted molar refractivity (Wildman–Crippen MR) is 57.6 cm³/mol. The lowest BCUT2D eigenvalue weighted by Gasteiger charge is -2.20. The SMILES string of the molecule is Cc1[nH]ncc1C(=O)N1CC(C)CC1C. The molecule has 0 bridgehead atoms. The Labute approximate surface area is 89.7 Å². The van der Waals surface area contributed by atoms with Crippen molar-refractivity contribution in [3.8, 4) is 0 Å². The average molecular weight is 207 g/mol. The maximum Gasteiger partial charge on any atom is 0.257 e. The van der Waals surface area contributed by atoms with Crippen LogP contribution >= 0.6 is 0 Å². The summed E-state index contributed by atoms with van der Waals surface area (Å²) in [5, 5.41) is 6.69. The van der Waals surface area contributed by atoms with Crippen LogP contribution in [0.1, 0.15) is 36.3 Å². The largest absolute Gasteiger partial charge is 0.336 e. The van der Waals surface area contributed by atoms with Gasteiger partial charge in [-0.05, 0) is 26.2 Å². The minimum Gasteiger partial charge on any atom is -0.336 e. The summed E-state index contributed by atoms with van der Waals surface area (Å²) < 4.78 is 0. The van der Waals surface area contributed by atoms with E-state index in [9.17, 15) is 4.79 Å². The number of H-pyrrole nitrogens is 1. The van der Waals surface area contributed by atoms with Gasteiger partial charge in [0.2, 0.25) is 0 Å². The van der Waals surface area contributed by atoms with E-state index in [0.717, 1.165) is 18.7 Å². The van der Waals surface area contributed by atoms with Gasteiger partial charge in [-0.3, -0.25) is 9.89 Å². The van der Waals surface area contributed by atoms with Gasteiger partial charge in [0.15, 0.2) is 0 Å². The zero-order valence-corrected chi connectivity index (χ0v) is 9.45. The number of hydrogen-bond acceptors (Lipinski definition) is 2. The minimum atomic E-state index is 0.109. The first kappa shape index (κ1) is 10.2. The van der Waals surface area contributed by atoms with Gasteiger partial charge in [-0.1, -0.05) is 6.92 Å². The number of aromatic amines is 1. The first-order chi connectivity index (χ1) is 7.09. The molecule has 0 radical (unpaired) electrons. The number of nitrogens with zero attached hydrogens (tertiary/aromatic N) is 2. The fraction of sp³-hybridized carbons (Fsp3) is 0.636. The third kappa shape index (κ3) is 1.76. The molecule has 2 atom stereocenters. The van der Waals surface area contributed by atoms with Crippen molar-refractivity contribution in [2.24, 2.45) is 5.92 Å². The quantitative estimate of drug-likeness (QED) is 0.760. The van der Waals surface area contributed by atoms with Crippen LogP contribution in [0.5, 0.6) is 0 Å². The zero-order chi connectivity index (χ0) is 11.0. The summed E-state index contributed by atoms with van der Waals surface area (Å²) in [5.41, 5.74) is 1.56. The van der Waals surface area contributed by atoms with Crippen LogP contribution in [0.25, 0.3) is 0 Å². The molecule has 1 aliphatic rings. The molecular formula is C11H17N3O. The lowest BCUT2D eigenvalue weighted by Crippen LogP contribution is -2.34. The molecule has 1 fully saturated rings. The Morgan fingerprint density at radius 3 is 2.80 bits per heavy atom. The molecule has 0 saturated carbocycles. The summed E-state index contributed by atoms with van der Waals surface area (Å²) in [6, 6.07) is 0.349. The number of carbonyl (C=O) groups is 1. The van der Waals surface area contributed by atoms with Gasteiger partial charge in [-0.15, -0.1) is 0 Å². The highest BCUT2D eigenvalue weighted by molar-refractivity contribution is 5.95. The van der Waals surface area contributed by atoms with Crippen LogP contribution in [-0.2, 0) is 0 Å². The van der Waals surface area contributed by atoms with Crippen LogP contribution in [-0.4, -0.2) is 33.6 Å². The molecule has 1 saturated heterocycles. The molecule has 0 aliphatic carbocycles. The molecule has 82 valence electrons. The standard InChI is InChI=1S/C11H17N3O/c1-7-4-8(2)14(6-7)11(15)10-5-12-13-9(10)3/h5,7-8H,4,6H2,1-3H3,(H,12,13). The third-order valence-corrected chi connectivity index (χ3v) is 3.11. The number of aromatic nitrogens is 2. The topological polar surface area (TPSA) is 49.0 Å². The molecule has 1 aliphatic heterocycles. The summed E-state index contributed by atoms with van der Waals surface area (Å²) in [6.07, 6.45) is 2.72. The summed E-state index contributed by atoms with van der Waals surface area (Å²) in [5.74, 6) is 0.717. The van der Waals surface area contributed by atoms with Crippen molar-refractivity contribution < 1.29 is 4.79 Å². The summed E-state index contributed by atoms with van der Waals surface area (Å²) in [6.45, 7) is 7.04. The van der Waals surface area contributed by atoms with Crippen LogP contribution in [0, 0.1) is 12.8 Å². The lowest BCUT2D eigenvalue weighted by atomic mass is 10.1. The van der Waals surface area contributed by atoms with E-state index >= 15 is 0 Å². The molecule has 0 spiro atoms. The highest BCUT2D eigenvalue weighted by Crippen LogP contribution is 2.24. The molecule has 2 heterocycles. The van der Waals surface area contributed by atoms with Gasteiger partial charge in [-0.2, -0.15) is 5.10 Å². The van der Waals surface area contributed by atoms with E-state index in [1.807, 2.05) is 11.8 Å². The summed E-state index contributed by atoms with van der Waals surface area (Å²) >= 11 is 0. The van der Waals surface area contributed by atoms with Gasteiger partial charge in [0.25, 0.3) is 5.91 Å². The van der Waals surface area contributed by atoms with Crippen LogP contribution < -0.4 is 0 Å². The Bertz CT molecular complexity index is 372. The molecule has 15 heavy (non-hydrogen) atoms. The summed E-state index contributed by atoms with van der Waals surface area (Å²) in [4.78, 5) is 14.1. The normalized spacial score (nSPS) is 25.9. The van der Waals surface area contributed by atoms with Crippen molar-refractivity contribution in [3.63, 3.8) is 0 Å². The lowest BCUT2D eigenvalue weighted by molar-refractivity contribution is 0.0743. The fourth-order valence-electron chi connectivity index (χ4n) is 2.30. The number of nitrogens with one attached hydrogen (secondary N) is 1. The average Bonchev–Trinajstić information content (AvgIpc) is 2.71. The zero-order valence-electron chi connectivity index (χ0n) is 9.45. The number of likely N-dealkylation sites (tertiary alicyclic amines) is 1. The molecule has 1 aromatic rings. The van der Waals surface area contributed by atoms with Gasteiger partial charge in [0.1, 0.15) is 0 Å². The highest BCUT2D eigenvalue weighted by atomic mass is 16.2. The number of rotatable bonds is 1. The second kappa shape index (κ2) is 3.68. The highest BCUT2D eigenvalue weighted by Gasteiger charge is 2.31. The Kier molecular flexibility index (Phi) is 2.50. The maximum absolute atomic E-state index is 12.2. The summed E-state index contributed by atoms with van der Waals surface area (Å²) in [7, 11) is 0. The van der Waals surface area contributed by atoms with Crippen LogP contribution in [0.3, 0.4) is 0 Å². The molecule has 4 nitrogen and oxygen atoms in total. The molecular weight excluding hydrogens is 190 g/mol. The second-order valence-electron chi connectivity index (χ2n) is 4.56. The number of amides is 1. The smallest absolute Gasteiger partial charge is 0.257 e. The molecule has 2 unspecified atom stereocenters. The van der Waals surface area contributed by atoms with Crippen LogP contribution in [0.2, 0.25) is 0 Å². The monoisotopic (exact) mass is 207 g/mol. The van der Waals surface area contributed by atoms with Gasteiger partial charge < -0.3 is 4.90 Å². The Hall–Kier alpha value is -1.32. The van der Waals surface area contributed by atoms with Crippen LogP contribution in [0.15, 0.2) is 6.20 Å². The van der Waals surface area contributed by atoms with Crippen molar-refractivity contribution in [3.05, 3.63) is 17.5 Å². The van der Waals surface area contributed by atoms with E-state index < -0.39 is 0 Å². The number of aryl methyl sites for hydroxylation is 1. The minimum absolute atomic E-state index is 0.109. The number of carbonyl (C=O) groups excluding carboxylic acids is 1. The van der Waals surface area contributed by atoms with Crippen molar-refractivity contribution in [2.45, 2.75) is 33.2 Å². The van der Waals surface area contributed by atoms with Gasteiger partial charge >= 0.3 is 0 Å². The van der Waals surface area contributed by atoms with Crippen molar-refractivity contribution in [2.75, 3.05) is 6.54 Å². The van der Waals surface area contributed by atoms with E-state index in [1.165, 1.54) is 0 Å². The molecule has 0 aromatic carbocycles. The molecule has 1 N–H and O–H groups in total.